The topological polar surface area (TPSA) is 90.4 Å². The number of rotatable bonds is 12. The van der Waals surface area contributed by atoms with Crippen molar-refractivity contribution in [3.8, 4) is 0 Å². The Hall–Kier alpha value is -2.19. The van der Waals surface area contributed by atoms with Crippen molar-refractivity contribution >= 4 is 17.7 Å². The number of β-amino-alcohol motifs (C(OH)–C–C–N with tert-alkyl or cyclic N) is 1. The molecule has 5 atom stereocenters. The third-order valence-electron chi connectivity index (χ3n) is 9.30. The molecule has 8 heteroatoms. The lowest BCUT2D eigenvalue weighted by atomic mass is 9.64. The maximum atomic E-state index is 14.4. The van der Waals surface area contributed by atoms with E-state index in [1.807, 2.05) is 18.7 Å². The molecule has 206 valence electrons. The first-order valence-electron chi connectivity index (χ1n) is 14.3. The number of nitrogens with zero attached hydrogens (tertiary/aromatic N) is 3. The molecule has 8 nitrogen and oxygen atoms in total. The Bertz CT molecular complexity index is 902. The second-order valence-corrected chi connectivity index (χ2v) is 11.2. The predicted molar refractivity (Wildman–Crippen MR) is 141 cm³/mol. The van der Waals surface area contributed by atoms with Crippen LogP contribution in [0.2, 0.25) is 0 Å². The standard InChI is InChI=1S/C29H45N3O5/c1-5-16-30(17-6-2)25(34)22-23-26(35)32(19-20-33)24(29(23)15-14-28(22,8-4)37-29)27(36)31(18-7-3)21-12-10-9-11-13-21/h5,7,21-24,33H,1,3,6,8-20H2,2,4H3/t22-,23+,24?,28+,29?/m1/s1. The molecular weight excluding hydrogens is 470 g/mol. The van der Waals surface area contributed by atoms with Crippen LogP contribution in [-0.2, 0) is 19.1 Å². The Morgan fingerprint density at radius 3 is 2.41 bits per heavy atom. The molecule has 1 N–H and O–H groups in total. The summed E-state index contributed by atoms with van der Waals surface area (Å²) in [6, 6.07) is -0.742. The number of hydrogen-bond acceptors (Lipinski definition) is 5. The average molecular weight is 516 g/mol. The Morgan fingerprint density at radius 2 is 1.81 bits per heavy atom. The fourth-order valence-electron chi connectivity index (χ4n) is 7.74. The van der Waals surface area contributed by atoms with Crippen molar-refractivity contribution in [2.45, 2.75) is 94.9 Å². The summed E-state index contributed by atoms with van der Waals surface area (Å²) in [5, 5.41) is 9.90. The largest absolute Gasteiger partial charge is 0.395 e. The zero-order valence-electron chi connectivity index (χ0n) is 22.7. The highest BCUT2D eigenvalue weighted by atomic mass is 16.5. The molecule has 3 aliphatic heterocycles. The monoisotopic (exact) mass is 515 g/mol. The number of carbonyl (C=O) groups excluding carboxylic acids is 3. The van der Waals surface area contributed by atoms with E-state index in [-0.39, 0.29) is 36.9 Å². The molecule has 1 saturated carbocycles. The molecule has 3 saturated heterocycles. The van der Waals surface area contributed by atoms with Crippen molar-refractivity contribution in [2.75, 3.05) is 32.8 Å². The fourth-order valence-corrected chi connectivity index (χ4v) is 7.74. The third kappa shape index (κ3) is 4.44. The van der Waals surface area contributed by atoms with Crippen LogP contribution < -0.4 is 0 Å². The van der Waals surface area contributed by atoms with Crippen LogP contribution in [0.3, 0.4) is 0 Å². The third-order valence-corrected chi connectivity index (χ3v) is 9.30. The first kappa shape index (κ1) is 27.8. The van der Waals surface area contributed by atoms with Crippen molar-refractivity contribution in [3.63, 3.8) is 0 Å². The summed E-state index contributed by atoms with van der Waals surface area (Å²) in [6.07, 6.45) is 11.2. The normalized spacial score (nSPS) is 32.9. The minimum Gasteiger partial charge on any atom is -0.395 e. The van der Waals surface area contributed by atoms with Crippen molar-refractivity contribution < 1.29 is 24.2 Å². The molecule has 1 aliphatic carbocycles. The average Bonchev–Trinajstić information content (AvgIpc) is 3.51. The minimum atomic E-state index is -1.06. The molecule has 1 spiro atoms. The van der Waals surface area contributed by atoms with E-state index in [9.17, 15) is 19.5 Å². The molecule has 0 aromatic carbocycles. The van der Waals surface area contributed by atoms with Crippen molar-refractivity contribution in [3.05, 3.63) is 25.3 Å². The van der Waals surface area contributed by atoms with Gasteiger partial charge in [-0.1, -0.05) is 45.3 Å². The Labute approximate surface area is 221 Å². The second-order valence-electron chi connectivity index (χ2n) is 11.2. The molecule has 3 amide bonds. The highest BCUT2D eigenvalue weighted by Crippen LogP contribution is 2.64. The summed E-state index contributed by atoms with van der Waals surface area (Å²) in [4.78, 5) is 47.8. The zero-order valence-corrected chi connectivity index (χ0v) is 22.7. The quantitative estimate of drug-likeness (QED) is 0.404. The van der Waals surface area contributed by atoms with Gasteiger partial charge in [-0.3, -0.25) is 14.4 Å². The predicted octanol–water partition coefficient (Wildman–Crippen LogP) is 2.91. The Balaban J connectivity index is 1.76. The van der Waals surface area contributed by atoms with Gasteiger partial charge in [0.15, 0.2) is 0 Å². The number of likely N-dealkylation sites (tertiary alicyclic amines) is 1. The first-order valence-corrected chi connectivity index (χ1v) is 14.3. The molecule has 37 heavy (non-hydrogen) atoms. The van der Waals surface area contributed by atoms with Crippen molar-refractivity contribution in [2.24, 2.45) is 11.8 Å². The summed E-state index contributed by atoms with van der Waals surface area (Å²) in [6.45, 7) is 13.0. The van der Waals surface area contributed by atoms with E-state index in [0.29, 0.717) is 38.9 Å². The number of fused-ring (bicyclic) bond motifs is 1. The van der Waals surface area contributed by atoms with Gasteiger partial charge in [-0.15, -0.1) is 13.2 Å². The molecule has 4 fully saturated rings. The van der Waals surface area contributed by atoms with E-state index in [0.717, 1.165) is 32.1 Å². The fraction of sp³-hybridized carbons (Fsp3) is 0.759. The highest BCUT2D eigenvalue weighted by molar-refractivity contribution is 5.99. The lowest BCUT2D eigenvalue weighted by Crippen LogP contribution is -2.58. The van der Waals surface area contributed by atoms with E-state index in [4.69, 9.17) is 4.74 Å². The number of aliphatic hydroxyl groups is 1. The van der Waals surface area contributed by atoms with Crippen molar-refractivity contribution in [1.82, 2.24) is 14.7 Å². The second kappa shape index (κ2) is 11.3. The SMILES string of the molecule is C=CCN(CCC)C(=O)[C@H]1[C@H]2C(=O)N(CCO)C(C(=O)N(CC=C)C3CCCCC3)C23CC[C@]1(CC)O3. The molecule has 4 aliphatic rings. The van der Waals surface area contributed by atoms with E-state index in [1.54, 1.807) is 17.1 Å². The van der Waals surface area contributed by atoms with Gasteiger partial charge in [0.05, 0.1) is 24.0 Å². The summed E-state index contributed by atoms with van der Waals surface area (Å²) < 4.78 is 6.87. The van der Waals surface area contributed by atoms with Gasteiger partial charge in [-0.25, -0.2) is 0 Å². The van der Waals surface area contributed by atoms with E-state index < -0.39 is 29.1 Å². The number of hydrogen-bond donors (Lipinski definition) is 1. The summed E-state index contributed by atoms with van der Waals surface area (Å²) in [5.41, 5.74) is -1.82. The van der Waals surface area contributed by atoms with Crippen LogP contribution in [0.25, 0.3) is 0 Å². The van der Waals surface area contributed by atoms with E-state index in [1.165, 1.54) is 11.3 Å². The molecular formula is C29H45N3O5. The Morgan fingerprint density at radius 1 is 1.11 bits per heavy atom. The van der Waals surface area contributed by atoms with Crippen LogP contribution in [0.15, 0.2) is 25.3 Å². The summed E-state index contributed by atoms with van der Waals surface area (Å²) >= 11 is 0. The van der Waals surface area contributed by atoms with Gasteiger partial charge in [0.1, 0.15) is 11.6 Å². The van der Waals surface area contributed by atoms with Gasteiger partial charge in [-0.2, -0.15) is 0 Å². The molecule has 0 aromatic heterocycles. The molecule has 4 rings (SSSR count). The van der Waals surface area contributed by atoms with Crippen LogP contribution in [0.5, 0.6) is 0 Å². The van der Waals surface area contributed by atoms with Crippen LogP contribution in [0.1, 0.15) is 71.6 Å². The van der Waals surface area contributed by atoms with Crippen LogP contribution >= 0.6 is 0 Å². The van der Waals surface area contributed by atoms with E-state index >= 15 is 0 Å². The first-order chi connectivity index (χ1) is 17.9. The lowest BCUT2D eigenvalue weighted by Gasteiger charge is -2.40. The number of carbonyl (C=O) groups is 3. The molecule has 2 bridgehead atoms. The zero-order chi connectivity index (χ0) is 26.8. The van der Waals surface area contributed by atoms with Crippen LogP contribution in [0.4, 0.5) is 0 Å². The van der Waals surface area contributed by atoms with Gasteiger partial charge >= 0.3 is 0 Å². The van der Waals surface area contributed by atoms with Crippen LogP contribution in [-0.4, -0.2) is 93.6 Å². The molecule has 2 unspecified atom stereocenters. The summed E-state index contributed by atoms with van der Waals surface area (Å²) in [5.74, 6) is -1.83. The van der Waals surface area contributed by atoms with Crippen LogP contribution in [0, 0.1) is 11.8 Å². The number of amides is 3. The molecule has 3 heterocycles. The maximum absolute atomic E-state index is 14.4. The lowest BCUT2D eigenvalue weighted by molar-refractivity contribution is -0.156. The molecule has 0 aromatic rings. The molecule has 0 radical (unpaired) electrons. The van der Waals surface area contributed by atoms with Gasteiger partial charge in [0.2, 0.25) is 17.7 Å². The van der Waals surface area contributed by atoms with Crippen molar-refractivity contribution in [1.29, 1.82) is 0 Å². The van der Waals surface area contributed by atoms with Gasteiger partial charge in [-0.05, 0) is 38.5 Å². The van der Waals surface area contributed by atoms with Gasteiger partial charge < -0.3 is 24.5 Å². The maximum Gasteiger partial charge on any atom is 0.248 e. The minimum absolute atomic E-state index is 0.0504. The van der Waals surface area contributed by atoms with Gasteiger partial charge in [0.25, 0.3) is 0 Å². The van der Waals surface area contributed by atoms with E-state index in [2.05, 4.69) is 13.2 Å². The number of ether oxygens (including phenoxy) is 1. The Kier molecular flexibility index (Phi) is 8.48. The number of aliphatic hydroxyl groups excluding tert-OH is 1. The van der Waals surface area contributed by atoms with Gasteiger partial charge in [0, 0.05) is 32.2 Å². The summed E-state index contributed by atoms with van der Waals surface area (Å²) in [7, 11) is 0. The highest BCUT2D eigenvalue weighted by Gasteiger charge is 2.79. The smallest absolute Gasteiger partial charge is 0.248 e.